The molecule has 5 heteroatoms. The molecule has 0 bridgehead atoms. The minimum Gasteiger partial charge on any atom is -0.379 e. The quantitative estimate of drug-likeness (QED) is 0.579. The van der Waals surface area contributed by atoms with E-state index >= 15 is 0 Å². The molecule has 1 heterocycles. The highest BCUT2D eigenvalue weighted by molar-refractivity contribution is 8.13. The largest absolute Gasteiger partial charge is 0.379 e. The summed E-state index contributed by atoms with van der Waals surface area (Å²) in [6.45, 7) is 1.96. The monoisotopic (exact) mass is 274 g/mol. The zero-order valence-corrected chi connectivity index (χ0v) is 11.8. The third-order valence-electron chi connectivity index (χ3n) is 2.82. The molecule has 1 aromatic heterocycles. The Kier molecular flexibility index (Phi) is 4.63. The lowest BCUT2D eigenvalue weighted by molar-refractivity contribution is 1.06. The smallest absolute Gasteiger partial charge is 0.151 e. The number of aryl methyl sites for hydroxylation is 2. The third kappa shape index (κ3) is 4.44. The molecule has 4 nitrogen and oxygen atoms in total. The Morgan fingerprint density at radius 3 is 2.58 bits per heavy atom. The topological polar surface area (TPSA) is 78.6 Å². The van der Waals surface area contributed by atoms with Crippen molar-refractivity contribution in [3.05, 3.63) is 53.1 Å². The molecule has 0 unspecified atom stereocenters. The molecule has 2 aromatic rings. The predicted octanol–water partition coefficient (Wildman–Crippen LogP) is 2.48. The van der Waals surface area contributed by atoms with Crippen molar-refractivity contribution in [2.45, 2.75) is 19.8 Å². The van der Waals surface area contributed by atoms with Crippen LogP contribution in [0.15, 0.2) is 30.5 Å². The van der Waals surface area contributed by atoms with E-state index in [4.69, 9.17) is 11.1 Å². The maximum absolute atomic E-state index is 7.15. The Morgan fingerprint density at radius 1 is 1.32 bits per heavy atom. The van der Waals surface area contributed by atoms with E-state index in [1.165, 1.54) is 22.9 Å². The molecule has 0 aliphatic heterocycles. The van der Waals surface area contributed by atoms with Gasteiger partial charge < -0.3 is 10.7 Å². The van der Waals surface area contributed by atoms with Crippen molar-refractivity contribution >= 4 is 16.9 Å². The average Bonchev–Trinajstić information content (AvgIpc) is 2.77. The average molecular weight is 274 g/mol. The Balaban J connectivity index is 1.89. The van der Waals surface area contributed by atoms with Crippen LogP contribution in [0.2, 0.25) is 0 Å². The molecule has 19 heavy (non-hydrogen) atoms. The normalized spacial score (nSPS) is 10.6. The standard InChI is InChI=1S/C14H18N4S/c1-10-17-9-13(18-10)8-12-4-2-11(3-5-12)6-7-19-14(15)16/h2-5,9H,6-8H2,1H3,(H3,15,16)(H,17,18). The van der Waals surface area contributed by atoms with Crippen LogP contribution in [0.5, 0.6) is 0 Å². The van der Waals surface area contributed by atoms with Gasteiger partial charge in [-0.2, -0.15) is 0 Å². The van der Waals surface area contributed by atoms with Crippen LogP contribution < -0.4 is 5.73 Å². The fourth-order valence-corrected chi connectivity index (χ4v) is 2.44. The lowest BCUT2D eigenvalue weighted by Gasteiger charge is -2.03. The zero-order valence-electron chi connectivity index (χ0n) is 10.9. The number of nitrogens with two attached hydrogens (primary N) is 1. The first-order chi connectivity index (χ1) is 9.13. The highest BCUT2D eigenvalue weighted by atomic mass is 32.2. The molecule has 0 saturated heterocycles. The molecule has 0 aliphatic rings. The fourth-order valence-electron chi connectivity index (χ4n) is 1.88. The van der Waals surface area contributed by atoms with E-state index in [1.54, 1.807) is 0 Å². The summed E-state index contributed by atoms with van der Waals surface area (Å²) in [5.74, 6) is 1.81. The number of nitrogens with one attached hydrogen (secondary N) is 2. The molecule has 0 amide bonds. The van der Waals surface area contributed by atoms with Crippen LogP contribution in [-0.4, -0.2) is 20.9 Å². The van der Waals surface area contributed by atoms with Crippen molar-refractivity contribution in [3.63, 3.8) is 0 Å². The SMILES string of the molecule is Cc1ncc(Cc2ccc(CCSC(=N)N)cc2)[nH]1. The number of H-pyrrole nitrogens is 1. The Hall–Kier alpha value is -1.75. The van der Waals surface area contributed by atoms with Gasteiger partial charge in [0.2, 0.25) is 0 Å². The van der Waals surface area contributed by atoms with Crippen LogP contribution >= 0.6 is 11.8 Å². The van der Waals surface area contributed by atoms with Gasteiger partial charge in [-0.05, 0) is 24.5 Å². The highest BCUT2D eigenvalue weighted by Gasteiger charge is 2.00. The lowest BCUT2D eigenvalue weighted by Crippen LogP contribution is -2.05. The van der Waals surface area contributed by atoms with Crippen molar-refractivity contribution < 1.29 is 0 Å². The second kappa shape index (κ2) is 6.43. The minimum absolute atomic E-state index is 0.186. The summed E-state index contributed by atoms with van der Waals surface area (Å²) in [6.07, 6.45) is 3.70. The molecule has 0 atom stereocenters. The number of aromatic nitrogens is 2. The van der Waals surface area contributed by atoms with Gasteiger partial charge >= 0.3 is 0 Å². The Morgan fingerprint density at radius 2 is 2.00 bits per heavy atom. The molecule has 0 spiro atoms. The van der Waals surface area contributed by atoms with Gasteiger partial charge in [-0.25, -0.2) is 4.98 Å². The fraction of sp³-hybridized carbons (Fsp3) is 0.286. The van der Waals surface area contributed by atoms with Crippen LogP contribution in [0.3, 0.4) is 0 Å². The summed E-state index contributed by atoms with van der Waals surface area (Å²) in [6, 6.07) is 8.56. The van der Waals surface area contributed by atoms with Crippen LogP contribution in [0.25, 0.3) is 0 Å². The summed E-state index contributed by atoms with van der Waals surface area (Å²) in [5.41, 5.74) is 8.99. The number of hydrogen-bond donors (Lipinski definition) is 3. The maximum Gasteiger partial charge on any atom is 0.151 e. The second-order valence-corrected chi connectivity index (χ2v) is 5.59. The third-order valence-corrected chi connectivity index (χ3v) is 3.54. The molecule has 4 N–H and O–H groups in total. The highest BCUT2D eigenvalue weighted by Crippen LogP contribution is 2.11. The van der Waals surface area contributed by atoms with Crippen molar-refractivity contribution in [3.8, 4) is 0 Å². The van der Waals surface area contributed by atoms with Crippen molar-refractivity contribution in [2.75, 3.05) is 5.75 Å². The number of thioether (sulfide) groups is 1. The number of nitrogens with zero attached hydrogens (tertiary/aromatic N) is 1. The van der Waals surface area contributed by atoms with E-state index < -0.39 is 0 Å². The summed E-state index contributed by atoms with van der Waals surface area (Å²) in [4.78, 5) is 7.43. The van der Waals surface area contributed by atoms with E-state index in [9.17, 15) is 0 Å². The molecular weight excluding hydrogens is 256 g/mol. The van der Waals surface area contributed by atoms with Crippen LogP contribution in [0, 0.1) is 12.3 Å². The molecule has 0 radical (unpaired) electrons. The molecular formula is C14H18N4S. The Bertz CT molecular complexity index is 545. The van der Waals surface area contributed by atoms with E-state index in [2.05, 4.69) is 34.2 Å². The first kappa shape index (κ1) is 13.7. The van der Waals surface area contributed by atoms with Gasteiger partial charge in [0.15, 0.2) is 5.17 Å². The van der Waals surface area contributed by atoms with Crippen molar-refractivity contribution in [2.24, 2.45) is 5.73 Å². The summed E-state index contributed by atoms with van der Waals surface area (Å²) in [7, 11) is 0. The van der Waals surface area contributed by atoms with E-state index in [-0.39, 0.29) is 5.17 Å². The number of aromatic amines is 1. The number of rotatable bonds is 5. The summed E-state index contributed by atoms with van der Waals surface area (Å²) < 4.78 is 0. The van der Waals surface area contributed by atoms with Crippen LogP contribution in [0.4, 0.5) is 0 Å². The van der Waals surface area contributed by atoms with E-state index in [0.29, 0.717) is 0 Å². The first-order valence-corrected chi connectivity index (χ1v) is 7.17. The number of hydrogen-bond acceptors (Lipinski definition) is 3. The molecule has 100 valence electrons. The summed E-state index contributed by atoms with van der Waals surface area (Å²) >= 11 is 1.38. The minimum atomic E-state index is 0.186. The van der Waals surface area contributed by atoms with Crippen LogP contribution in [-0.2, 0) is 12.8 Å². The van der Waals surface area contributed by atoms with Crippen molar-refractivity contribution in [1.29, 1.82) is 5.41 Å². The molecule has 0 aliphatic carbocycles. The van der Waals surface area contributed by atoms with Gasteiger partial charge in [-0.3, -0.25) is 5.41 Å². The molecule has 0 saturated carbocycles. The Labute approximate surface area is 117 Å². The molecule has 0 fully saturated rings. The van der Waals surface area contributed by atoms with E-state index in [0.717, 1.165) is 30.1 Å². The van der Waals surface area contributed by atoms with Crippen molar-refractivity contribution in [1.82, 2.24) is 9.97 Å². The van der Waals surface area contributed by atoms with Gasteiger partial charge in [0.05, 0.1) is 0 Å². The molecule has 2 rings (SSSR count). The predicted molar refractivity (Wildman–Crippen MR) is 80.6 cm³/mol. The number of benzene rings is 1. The van der Waals surface area contributed by atoms with Crippen LogP contribution in [0.1, 0.15) is 22.6 Å². The van der Waals surface area contributed by atoms with Gasteiger partial charge in [0.1, 0.15) is 5.82 Å². The van der Waals surface area contributed by atoms with Gasteiger partial charge in [0, 0.05) is 24.1 Å². The van der Waals surface area contributed by atoms with E-state index in [1.807, 2.05) is 13.1 Å². The number of imidazole rings is 1. The van der Waals surface area contributed by atoms with Gasteiger partial charge in [-0.1, -0.05) is 36.0 Å². The first-order valence-electron chi connectivity index (χ1n) is 6.18. The summed E-state index contributed by atoms with van der Waals surface area (Å²) in [5, 5.41) is 7.34. The lowest BCUT2D eigenvalue weighted by atomic mass is 10.1. The maximum atomic E-state index is 7.15. The molecule has 1 aromatic carbocycles. The van der Waals surface area contributed by atoms with Gasteiger partial charge in [0.25, 0.3) is 0 Å². The van der Waals surface area contributed by atoms with Gasteiger partial charge in [-0.15, -0.1) is 0 Å². The number of amidine groups is 1. The second-order valence-electron chi connectivity index (χ2n) is 4.45. The zero-order chi connectivity index (χ0) is 13.7.